The predicted octanol–water partition coefficient (Wildman–Crippen LogP) is 2.13. The summed E-state index contributed by atoms with van der Waals surface area (Å²) in [7, 11) is 0. The molecule has 1 rings (SSSR count). The molecule has 0 aromatic heterocycles. The van der Waals surface area contributed by atoms with Gasteiger partial charge < -0.3 is 10.0 Å². The zero-order chi connectivity index (χ0) is 14.3. The lowest BCUT2D eigenvalue weighted by molar-refractivity contribution is -0.131. The molecular formula is C14H19F2NO2. The summed E-state index contributed by atoms with van der Waals surface area (Å²) in [5.41, 5.74) is -0.216. The molecule has 0 spiro atoms. The number of aliphatic hydroxyl groups excluding tert-OH is 1. The van der Waals surface area contributed by atoms with Gasteiger partial charge >= 0.3 is 0 Å². The van der Waals surface area contributed by atoms with Crippen LogP contribution in [0.2, 0.25) is 0 Å². The molecule has 1 amide bonds. The van der Waals surface area contributed by atoms with E-state index in [2.05, 4.69) is 0 Å². The van der Waals surface area contributed by atoms with E-state index in [9.17, 15) is 13.6 Å². The fourth-order valence-electron chi connectivity index (χ4n) is 1.80. The molecule has 1 N–H and O–H groups in total. The van der Waals surface area contributed by atoms with Gasteiger partial charge in [0, 0.05) is 18.7 Å². The lowest BCUT2D eigenvalue weighted by atomic mass is 10.1. The van der Waals surface area contributed by atoms with Gasteiger partial charge in [-0.15, -0.1) is 0 Å². The average Bonchev–Trinajstić information content (AvgIpc) is 2.38. The number of rotatable bonds is 7. The molecule has 0 heterocycles. The Kier molecular flexibility index (Phi) is 6.42. The highest BCUT2D eigenvalue weighted by molar-refractivity contribution is 5.78. The Balaban J connectivity index is 2.75. The summed E-state index contributed by atoms with van der Waals surface area (Å²) in [5.74, 6) is -1.80. The van der Waals surface area contributed by atoms with Gasteiger partial charge in [-0.05, 0) is 18.6 Å². The molecule has 1 aromatic carbocycles. The van der Waals surface area contributed by atoms with E-state index in [1.54, 1.807) is 0 Å². The van der Waals surface area contributed by atoms with Crippen LogP contribution >= 0.6 is 0 Å². The van der Waals surface area contributed by atoms with Crippen LogP contribution in [0.25, 0.3) is 0 Å². The van der Waals surface area contributed by atoms with E-state index < -0.39 is 11.6 Å². The standard InChI is InChI=1S/C14H19F2NO2/c1-2-3-7-17(8-9-18)14(19)10-11-12(15)5-4-6-13(11)16/h4-6,18H,2-3,7-10H2,1H3. The van der Waals surface area contributed by atoms with E-state index in [1.165, 1.54) is 11.0 Å². The van der Waals surface area contributed by atoms with Gasteiger partial charge in [-0.1, -0.05) is 19.4 Å². The number of hydrogen-bond acceptors (Lipinski definition) is 2. The number of carbonyl (C=O) groups is 1. The van der Waals surface area contributed by atoms with Crippen LogP contribution in [-0.2, 0) is 11.2 Å². The fraction of sp³-hybridized carbons (Fsp3) is 0.500. The van der Waals surface area contributed by atoms with Crippen LogP contribution in [0.4, 0.5) is 8.78 Å². The van der Waals surface area contributed by atoms with Crippen molar-refractivity contribution in [1.29, 1.82) is 0 Å². The molecule has 0 aliphatic heterocycles. The van der Waals surface area contributed by atoms with E-state index in [0.717, 1.165) is 25.0 Å². The molecule has 3 nitrogen and oxygen atoms in total. The lowest BCUT2D eigenvalue weighted by Gasteiger charge is -2.21. The summed E-state index contributed by atoms with van der Waals surface area (Å²) < 4.78 is 26.9. The van der Waals surface area contributed by atoms with E-state index in [-0.39, 0.29) is 31.0 Å². The number of amides is 1. The van der Waals surface area contributed by atoms with Crippen molar-refractivity contribution in [1.82, 2.24) is 4.90 Å². The third kappa shape index (κ3) is 4.59. The van der Waals surface area contributed by atoms with Crippen molar-refractivity contribution in [2.24, 2.45) is 0 Å². The first kappa shape index (κ1) is 15.6. The second-order valence-electron chi connectivity index (χ2n) is 4.33. The Labute approximate surface area is 111 Å². The quantitative estimate of drug-likeness (QED) is 0.825. The normalized spacial score (nSPS) is 10.5. The minimum Gasteiger partial charge on any atom is -0.395 e. The van der Waals surface area contributed by atoms with Gasteiger partial charge in [-0.3, -0.25) is 4.79 Å². The number of aliphatic hydroxyl groups is 1. The first-order chi connectivity index (χ1) is 9.10. The summed E-state index contributed by atoms with van der Waals surface area (Å²) >= 11 is 0. The molecule has 0 radical (unpaired) electrons. The molecule has 106 valence electrons. The zero-order valence-electron chi connectivity index (χ0n) is 11.0. The molecule has 0 unspecified atom stereocenters. The van der Waals surface area contributed by atoms with Crippen molar-refractivity contribution < 1.29 is 18.7 Å². The van der Waals surface area contributed by atoms with Crippen molar-refractivity contribution in [3.63, 3.8) is 0 Å². The molecule has 0 bridgehead atoms. The van der Waals surface area contributed by atoms with Gasteiger partial charge in [-0.25, -0.2) is 8.78 Å². The number of halogens is 2. The Hall–Kier alpha value is -1.49. The molecule has 1 aromatic rings. The van der Waals surface area contributed by atoms with Crippen LogP contribution < -0.4 is 0 Å². The Morgan fingerprint density at radius 3 is 2.42 bits per heavy atom. The SMILES string of the molecule is CCCCN(CCO)C(=O)Cc1c(F)cccc1F. The number of nitrogens with zero attached hydrogens (tertiary/aromatic N) is 1. The highest BCUT2D eigenvalue weighted by Gasteiger charge is 2.17. The first-order valence-corrected chi connectivity index (χ1v) is 6.41. The number of unbranched alkanes of at least 4 members (excludes halogenated alkanes) is 1. The first-order valence-electron chi connectivity index (χ1n) is 6.41. The summed E-state index contributed by atoms with van der Waals surface area (Å²) in [6.45, 7) is 2.51. The molecule has 0 atom stereocenters. The molecule has 0 saturated carbocycles. The Morgan fingerprint density at radius 1 is 1.26 bits per heavy atom. The van der Waals surface area contributed by atoms with E-state index in [0.29, 0.717) is 6.54 Å². The Bertz CT molecular complexity index is 404. The van der Waals surface area contributed by atoms with E-state index in [4.69, 9.17) is 5.11 Å². The minimum absolute atomic E-state index is 0.158. The van der Waals surface area contributed by atoms with Gasteiger partial charge in [-0.2, -0.15) is 0 Å². The van der Waals surface area contributed by atoms with Crippen LogP contribution in [0.5, 0.6) is 0 Å². The highest BCUT2D eigenvalue weighted by Crippen LogP contribution is 2.14. The van der Waals surface area contributed by atoms with Gasteiger partial charge in [0.25, 0.3) is 0 Å². The van der Waals surface area contributed by atoms with Crippen LogP contribution in [0.3, 0.4) is 0 Å². The van der Waals surface area contributed by atoms with Crippen LogP contribution in [-0.4, -0.2) is 35.6 Å². The second kappa shape index (κ2) is 7.84. The van der Waals surface area contributed by atoms with Crippen molar-refractivity contribution in [2.75, 3.05) is 19.7 Å². The highest BCUT2D eigenvalue weighted by atomic mass is 19.1. The third-order valence-corrected chi connectivity index (χ3v) is 2.89. The molecule has 0 saturated heterocycles. The van der Waals surface area contributed by atoms with E-state index >= 15 is 0 Å². The van der Waals surface area contributed by atoms with Gasteiger partial charge in [0.1, 0.15) is 11.6 Å². The molecule has 0 fully saturated rings. The van der Waals surface area contributed by atoms with Gasteiger partial charge in [0.2, 0.25) is 5.91 Å². The number of carbonyl (C=O) groups excluding carboxylic acids is 1. The molecule has 19 heavy (non-hydrogen) atoms. The zero-order valence-corrected chi connectivity index (χ0v) is 11.0. The van der Waals surface area contributed by atoms with Gasteiger partial charge in [0.05, 0.1) is 13.0 Å². The van der Waals surface area contributed by atoms with Crippen LogP contribution in [0.15, 0.2) is 18.2 Å². The average molecular weight is 271 g/mol. The Morgan fingerprint density at radius 2 is 1.89 bits per heavy atom. The number of hydrogen-bond donors (Lipinski definition) is 1. The van der Waals surface area contributed by atoms with Crippen LogP contribution in [0, 0.1) is 11.6 Å². The summed E-state index contributed by atoms with van der Waals surface area (Å²) in [5, 5.41) is 8.92. The van der Waals surface area contributed by atoms with Gasteiger partial charge in [0.15, 0.2) is 0 Å². The maximum absolute atomic E-state index is 13.5. The molecule has 0 aliphatic carbocycles. The third-order valence-electron chi connectivity index (χ3n) is 2.89. The van der Waals surface area contributed by atoms with Crippen molar-refractivity contribution in [3.05, 3.63) is 35.4 Å². The van der Waals surface area contributed by atoms with Crippen molar-refractivity contribution in [3.8, 4) is 0 Å². The minimum atomic E-state index is -0.715. The second-order valence-corrected chi connectivity index (χ2v) is 4.33. The molecular weight excluding hydrogens is 252 g/mol. The lowest BCUT2D eigenvalue weighted by Crippen LogP contribution is -2.35. The molecule has 5 heteroatoms. The smallest absolute Gasteiger partial charge is 0.227 e. The van der Waals surface area contributed by atoms with Crippen LogP contribution in [0.1, 0.15) is 25.3 Å². The maximum atomic E-state index is 13.5. The number of benzene rings is 1. The fourth-order valence-corrected chi connectivity index (χ4v) is 1.80. The summed E-state index contributed by atoms with van der Waals surface area (Å²) in [6, 6.07) is 3.53. The summed E-state index contributed by atoms with van der Waals surface area (Å²) in [4.78, 5) is 13.4. The topological polar surface area (TPSA) is 40.5 Å². The predicted molar refractivity (Wildman–Crippen MR) is 68.6 cm³/mol. The largest absolute Gasteiger partial charge is 0.395 e. The van der Waals surface area contributed by atoms with Crippen molar-refractivity contribution >= 4 is 5.91 Å². The monoisotopic (exact) mass is 271 g/mol. The maximum Gasteiger partial charge on any atom is 0.227 e. The van der Waals surface area contributed by atoms with E-state index in [1.807, 2.05) is 6.92 Å². The van der Waals surface area contributed by atoms with Crippen molar-refractivity contribution in [2.45, 2.75) is 26.2 Å². The summed E-state index contributed by atoms with van der Waals surface area (Å²) in [6.07, 6.45) is 1.39. The molecule has 0 aliphatic rings.